The van der Waals surface area contributed by atoms with Gasteiger partial charge in [0, 0.05) is 24.0 Å². The molecule has 0 spiro atoms. The highest BCUT2D eigenvalue weighted by Gasteiger charge is 2.26. The number of carbonyl (C=O) groups excluding carboxylic acids is 1. The second-order valence-electron chi connectivity index (χ2n) is 7.68. The van der Waals surface area contributed by atoms with E-state index < -0.39 is 0 Å². The predicted molar refractivity (Wildman–Crippen MR) is 110 cm³/mol. The normalized spacial score (nSPS) is 18.9. The van der Waals surface area contributed by atoms with Crippen molar-refractivity contribution in [3.8, 4) is 5.75 Å². The molecule has 2 fully saturated rings. The van der Waals surface area contributed by atoms with Gasteiger partial charge in [-0.25, -0.2) is 4.98 Å². The summed E-state index contributed by atoms with van der Waals surface area (Å²) in [7, 11) is 0. The highest BCUT2D eigenvalue weighted by Crippen LogP contribution is 2.25. The maximum absolute atomic E-state index is 12.8. The van der Waals surface area contributed by atoms with Gasteiger partial charge in [-0.3, -0.25) is 4.79 Å². The second kappa shape index (κ2) is 9.52. The number of ether oxygens (including phenoxy) is 2. The lowest BCUT2D eigenvalue weighted by Crippen LogP contribution is -2.42. The SMILES string of the molecule is O=C(c1ccc(OCc2cscn2)cc1)N1CCC(OC2CCCCC2)CC1. The molecule has 1 saturated heterocycles. The number of hydrogen-bond donors (Lipinski definition) is 0. The highest BCUT2D eigenvalue weighted by atomic mass is 32.1. The fraction of sp³-hybridized carbons (Fsp3) is 0.545. The van der Waals surface area contributed by atoms with Crippen molar-refractivity contribution in [3.63, 3.8) is 0 Å². The van der Waals surface area contributed by atoms with Crippen LogP contribution in [0.4, 0.5) is 0 Å². The highest BCUT2D eigenvalue weighted by molar-refractivity contribution is 7.07. The summed E-state index contributed by atoms with van der Waals surface area (Å²) in [5.74, 6) is 0.853. The topological polar surface area (TPSA) is 51.7 Å². The third-order valence-corrected chi connectivity index (χ3v) is 6.27. The molecular formula is C22H28N2O3S. The Hall–Kier alpha value is -1.92. The van der Waals surface area contributed by atoms with Crippen molar-refractivity contribution in [2.24, 2.45) is 0 Å². The Morgan fingerprint density at radius 2 is 1.75 bits per heavy atom. The van der Waals surface area contributed by atoms with E-state index in [2.05, 4.69) is 4.98 Å². The van der Waals surface area contributed by atoms with Crippen LogP contribution in [-0.4, -0.2) is 41.1 Å². The van der Waals surface area contributed by atoms with Crippen LogP contribution in [-0.2, 0) is 11.3 Å². The lowest BCUT2D eigenvalue weighted by atomic mass is 9.97. The summed E-state index contributed by atoms with van der Waals surface area (Å²) < 4.78 is 12.0. The van der Waals surface area contributed by atoms with Gasteiger partial charge in [-0.2, -0.15) is 0 Å². The summed E-state index contributed by atoms with van der Waals surface area (Å²) in [4.78, 5) is 18.9. The summed E-state index contributed by atoms with van der Waals surface area (Å²) in [5.41, 5.74) is 3.43. The maximum atomic E-state index is 12.8. The van der Waals surface area contributed by atoms with Crippen molar-refractivity contribution in [3.05, 3.63) is 46.4 Å². The molecule has 1 amide bonds. The first-order chi connectivity index (χ1) is 13.8. The van der Waals surface area contributed by atoms with Gasteiger partial charge in [0.25, 0.3) is 5.91 Å². The van der Waals surface area contributed by atoms with Gasteiger partial charge in [-0.1, -0.05) is 19.3 Å². The number of likely N-dealkylation sites (tertiary alicyclic amines) is 1. The average molecular weight is 401 g/mol. The molecule has 0 atom stereocenters. The van der Waals surface area contributed by atoms with Crippen molar-refractivity contribution in [2.45, 2.75) is 63.8 Å². The average Bonchev–Trinajstić information content (AvgIpc) is 3.27. The molecule has 6 heteroatoms. The van der Waals surface area contributed by atoms with Crippen LogP contribution in [0.25, 0.3) is 0 Å². The van der Waals surface area contributed by atoms with Crippen LogP contribution in [0, 0.1) is 0 Å². The zero-order valence-electron chi connectivity index (χ0n) is 16.2. The Morgan fingerprint density at radius 3 is 2.43 bits per heavy atom. The number of nitrogens with zero attached hydrogens (tertiary/aromatic N) is 2. The van der Waals surface area contributed by atoms with Crippen LogP contribution < -0.4 is 4.74 Å². The van der Waals surface area contributed by atoms with E-state index in [4.69, 9.17) is 9.47 Å². The third-order valence-electron chi connectivity index (χ3n) is 5.64. The number of aromatic nitrogens is 1. The first kappa shape index (κ1) is 19.4. The molecular weight excluding hydrogens is 372 g/mol. The van der Waals surface area contributed by atoms with Crippen molar-refractivity contribution < 1.29 is 14.3 Å². The Labute approximate surface area is 170 Å². The Morgan fingerprint density at radius 1 is 1.04 bits per heavy atom. The van der Waals surface area contributed by atoms with Gasteiger partial charge < -0.3 is 14.4 Å². The lowest BCUT2D eigenvalue weighted by Gasteiger charge is -2.35. The molecule has 5 nitrogen and oxygen atoms in total. The molecule has 2 aliphatic rings. The molecule has 0 N–H and O–H groups in total. The number of benzene rings is 1. The molecule has 1 aliphatic heterocycles. The molecule has 1 aromatic carbocycles. The first-order valence-electron chi connectivity index (χ1n) is 10.3. The Kier molecular flexibility index (Phi) is 6.60. The minimum absolute atomic E-state index is 0.0992. The molecule has 1 aromatic heterocycles. The number of rotatable bonds is 6. The summed E-state index contributed by atoms with van der Waals surface area (Å²) in [6.07, 6.45) is 8.99. The van der Waals surface area contributed by atoms with E-state index in [9.17, 15) is 4.79 Å². The molecule has 2 aromatic rings. The van der Waals surface area contributed by atoms with Crippen LogP contribution in [0.5, 0.6) is 5.75 Å². The van der Waals surface area contributed by atoms with Crippen LogP contribution in [0.2, 0.25) is 0 Å². The maximum Gasteiger partial charge on any atom is 0.253 e. The van der Waals surface area contributed by atoms with E-state index in [-0.39, 0.29) is 5.91 Å². The predicted octanol–water partition coefficient (Wildman–Crippen LogP) is 4.68. The monoisotopic (exact) mass is 400 g/mol. The van der Waals surface area contributed by atoms with Gasteiger partial charge in [0.05, 0.1) is 23.4 Å². The lowest BCUT2D eigenvalue weighted by molar-refractivity contribution is -0.0527. The van der Waals surface area contributed by atoms with Crippen molar-refractivity contribution in [1.29, 1.82) is 0 Å². The molecule has 28 heavy (non-hydrogen) atoms. The number of amides is 1. The van der Waals surface area contributed by atoms with Gasteiger partial charge >= 0.3 is 0 Å². The van der Waals surface area contributed by atoms with E-state index in [1.165, 1.54) is 32.1 Å². The van der Waals surface area contributed by atoms with Crippen LogP contribution in [0.1, 0.15) is 61.0 Å². The van der Waals surface area contributed by atoms with Crippen molar-refractivity contribution >= 4 is 17.2 Å². The molecule has 1 saturated carbocycles. The standard InChI is InChI=1S/C22H28N2O3S/c25-22(17-6-8-19(9-7-17)26-14-18-15-28-16-23-18)24-12-10-21(11-13-24)27-20-4-2-1-3-5-20/h6-9,15-16,20-21H,1-5,10-14H2. The molecule has 150 valence electrons. The molecule has 1 aliphatic carbocycles. The van der Waals surface area contributed by atoms with Crippen molar-refractivity contribution in [2.75, 3.05) is 13.1 Å². The Balaban J connectivity index is 1.24. The number of thiazole rings is 1. The third kappa shape index (κ3) is 5.11. The fourth-order valence-corrected chi connectivity index (χ4v) is 4.55. The molecule has 0 radical (unpaired) electrons. The summed E-state index contributed by atoms with van der Waals surface area (Å²) in [5, 5.41) is 1.97. The molecule has 0 bridgehead atoms. The summed E-state index contributed by atoms with van der Waals surface area (Å²) in [6.45, 7) is 2.00. The van der Waals surface area contributed by atoms with E-state index in [0.29, 0.717) is 24.4 Å². The fourth-order valence-electron chi connectivity index (χ4n) is 4.01. The zero-order valence-corrected chi connectivity index (χ0v) is 17.0. The van der Waals surface area contributed by atoms with Gasteiger partial charge in [0.2, 0.25) is 0 Å². The smallest absolute Gasteiger partial charge is 0.253 e. The van der Waals surface area contributed by atoms with Crippen molar-refractivity contribution in [1.82, 2.24) is 9.88 Å². The largest absolute Gasteiger partial charge is 0.487 e. The summed E-state index contributed by atoms with van der Waals surface area (Å²) in [6, 6.07) is 7.42. The molecule has 4 rings (SSSR count). The minimum Gasteiger partial charge on any atom is -0.487 e. The van der Waals surface area contributed by atoms with Crippen LogP contribution in [0.3, 0.4) is 0 Å². The Bertz CT molecular complexity index is 734. The zero-order chi connectivity index (χ0) is 19.2. The van der Waals surface area contributed by atoms with Crippen LogP contribution in [0.15, 0.2) is 35.2 Å². The number of carbonyl (C=O) groups is 1. The van der Waals surface area contributed by atoms with Gasteiger partial charge in [0.1, 0.15) is 12.4 Å². The van der Waals surface area contributed by atoms with Gasteiger partial charge in [-0.05, 0) is 49.9 Å². The molecule has 0 unspecified atom stereocenters. The van der Waals surface area contributed by atoms with Gasteiger partial charge in [-0.15, -0.1) is 11.3 Å². The van der Waals surface area contributed by atoms with Crippen LogP contribution >= 0.6 is 11.3 Å². The first-order valence-corrected chi connectivity index (χ1v) is 11.3. The van der Waals surface area contributed by atoms with E-state index >= 15 is 0 Å². The summed E-state index contributed by atoms with van der Waals surface area (Å²) >= 11 is 1.56. The molecule has 2 heterocycles. The van der Waals surface area contributed by atoms with E-state index in [0.717, 1.165) is 37.4 Å². The minimum atomic E-state index is 0.0992. The van der Waals surface area contributed by atoms with E-state index in [1.54, 1.807) is 16.8 Å². The number of hydrogen-bond acceptors (Lipinski definition) is 5. The second-order valence-corrected chi connectivity index (χ2v) is 8.40. The quantitative estimate of drug-likeness (QED) is 0.707. The van der Waals surface area contributed by atoms with E-state index in [1.807, 2.05) is 34.5 Å². The van der Waals surface area contributed by atoms with Gasteiger partial charge in [0.15, 0.2) is 0 Å². The number of piperidine rings is 1.